The number of rotatable bonds is 6. The summed E-state index contributed by atoms with van der Waals surface area (Å²) in [6, 6.07) is 20.0. The highest BCUT2D eigenvalue weighted by molar-refractivity contribution is 7.02. The zero-order chi connectivity index (χ0) is 20.1. The van der Waals surface area contributed by atoms with Gasteiger partial charge < -0.3 is 15.8 Å². The SMILES string of the molecule is CC(C)(C)OC(=O)N[C@@H](CC(N)=O)[Si](C)(c1ccccc1)c1ccccc1. The van der Waals surface area contributed by atoms with Gasteiger partial charge in [-0.15, -0.1) is 0 Å². The topological polar surface area (TPSA) is 81.4 Å². The van der Waals surface area contributed by atoms with Crippen LogP contribution in [0.25, 0.3) is 0 Å². The number of ether oxygens (including phenoxy) is 1. The predicted octanol–water partition coefficient (Wildman–Crippen LogP) is 2.19. The van der Waals surface area contributed by atoms with Gasteiger partial charge in [0.1, 0.15) is 13.7 Å². The molecule has 5 nitrogen and oxygen atoms in total. The van der Waals surface area contributed by atoms with E-state index < -0.39 is 31.3 Å². The highest BCUT2D eigenvalue weighted by atomic mass is 28.3. The molecule has 1 atom stereocenters. The molecule has 2 amide bonds. The van der Waals surface area contributed by atoms with E-state index in [0.717, 1.165) is 10.4 Å². The lowest BCUT2D eigenvalue weighted by Gasteiger charge is -2.37. The van der Waals surface area contributed by atoms with E-state index in [2.05, 4.69) is 11.9 Å². The molecule has 0 bridgehead atoms. The Morgan fingerprint density at radius 2 is 1.44 bits per heavy atom. The average molecular weight is 385 g/mol. The first-order valence-electron chi connectivity index (χ1n) is 9.02. The highest BCUT2D eigenvalue weighted by Crippen LogP contribution is 2.15. The molecular formula is C21H28N2O3Si. The van der Waals surface area contributed by atoms with Crippen LogP contribution in [0.15, 0.2) is 60.7 Å². The lowest BCUT2D eigenvalue weighted by atomic mass is 10.2. The van der Waals surface area contributed by atoms with Crippen molar-refractivity contribution in [3.8, 4) is 0 Å². The predicted molar refractivity (Wildman–Crippen MR) is 111 cm³/mol. The van der Waals surface area contributed by atoms with Crippen LogP contribution in [0, 0.1) is 0 Å². The summed E-state index contributed by atoms with van der Waals surface area (Å²) in [5.74, 6) is -0.457. The molecule has 0 aliphatic heterocycles. The van der Waals surface area contributed by atoms with Gasteiger partial charge in [0.25, 0.3) is 0 Å². The van der Waals surface area contributed by atoms with E-state index >= 15 is 0 Å². The maximum absolute atomic E-state index is 12.5. The maximum Gasteiger partial charge on any atom is 0.407 e. The monoisotopic (exact) mass is 384 g/mol. The zero-order valence-corrected chi connectivity index (χ0v) is 17.4. The molecule has 144 valence electrons. The third-order valence-corrected chi connectivity index (χ3v) is 9.35. The molecule has 0 fully saturated rings. The standard InChI is InChI=1S/C21H28N2O3Si/c1-21(2,3)26-20(25)23-19(15-18(22)24)27(4,16-11-7-5-8-12-16)17-13-9-6-10-14-17/h5-14,19H,15H2,1-4H3,(H2,22,24)(H,23,25)/t19-/m1/s1. The van der Waals surface area contributed by atoms with Gasteiger partial charge in [0.05, 0.1) is 0 Å². The second-order valence-corrected chi connectivity index (χ2v) is 12.1. The highest BCUT2D eigenvalue weighted by Gasteiger charge is 2.42. The van der Waals surface area contributed by atoms with Crippen molar-refractivity contribution in [3.63, 3.8) is 0 Å². The van der Waals surface area contributed by atoms with Crippen LogP contribution in [0.4, 0.5) is 4.79 Å². The number of amides is 2. The molecule has 2 rings (SSSR count). The Balaban J connectivity index is 2.51. The molecule has 2 aromatic rings. The fraction of sp³-hybridized carbons (Fsp3) is 0.333. The van der Waals surface area contributed by atoms with Crippen molar-refractivity contribution in [3.05, 3.63) is 60.7 Å². The first-order valence-corrected chi connectivity index (χ1v) is 11.6. The summed E-state index contributed by atoms with van der Waals surface area (Å²) in [6.45, 7) is 7.56. The lowest BCUT2D eigenvalue weighted by molar-refractivity contribution is -0.118. The van der Waals surface area contributed by atoms with Gasteiger partial charge in [-0.25, -0.2) is 4.79 Å². The zero-order valence-electron chi connectivity index (χ0n) is 16.4. The summed E-state index contributed by atoms with van der Waals surface area (Å²) >= 11 is 0. The Kier molecular flexibility index (Phi) is 6.44. The van der Waals surface area contributed by atoms with Crippen LogP contribution in [0.2, 0.25) is 6.55 Å². The van der Waals surface area contributed by atoms with Crippen molar-refractivity contribution in [2.75, 3.05) is 0 Å². The molecule has 0 saturated carbocycles. The van der Waals surface area contributed by atoms with Crippen molar-refractivity contribution >= 4 is 30.4 Å². The Bertz CT molecular complexity index is 734. The number of nitrogens with two attached hydrogens (primary N) is 1. The number of nitrogens with one attached hydrogen (secondary N) is 1. The summed E-state index contributed by atoms with van der Waals surface area (Å²) in [4.78, 5) is 24.3. The van der Waals surface area contributed by atoms with Gasteiger partial charge in [-0.3, -0.25) is 4.79 Å². The quantitative estimate of drug-likeness (QED) is 0.749. The maximum atomic E-state index is 12.5. The van der Waals surface area contributed by atoms with Gasteiger partial charge in [0.15, 0.2) is 0 Å². The van der Waals surface area contributed by atoms with Crippen molar-refractivity contribution in [1.29, 1.82) is 0 Å². The van der Waals surface area contributed by atoms with Gasteiger partial charge in [-0.2, -0.15) is 0 Å². The Hall–Kier alpha value is -2.60. The van der Waals surface area contributed by atoms with E-state index in [-0.39, 0.29) is 6.42 Å². The number of carbonyl (C=O) groups excluding carboxylic acids is 2. The molecule has 2 aromatic carbocycles. The summed E-state index contributed by atoms with van der Waals surface area (Å²) in [5, 5.41) is 5.16. The van der Waals surface area contributed by atoms with Crippen LogP contribution in [-0.4, -0.2) is 31.3 Å². The van der Waals surface area contributed by atoms with Gasteiger partial charge >= 0.3 is 6.09 Å². The molecular weight excluding hydrogens is 356 g/mol. The van der Waals surface area contributed by atoms with Gasteiger partial charge in [-0.05, 0) is 20.8 Å². The Morgan fingerprint density at radius 1 is 1.00 bits per heavy atom. The van der Waals surface area contributed by atoms with Crippen LogP contribution >= 0.6 is 0 Å². The summed E-state index contributed by atoms with van der Waals surface area (Å²) in [6.07, 6.45) is -0.495. The van der Waals surface area contributed by atoms with E-state index in [0.29, 0.717) is 0 Å². The molecule has 0 aliphatic rings. The van der Waals surface area contributed by atoms with Crippen LogP contribution in [0.5, 0.6) is 0 Å². The molecule has 0 radical (unpaired) electrons. The average Bonchev–Trinajstić information content (AvgIpc) is 2.60. The van der Waals surface area contributed by atoms with E-state index in [1.165, 1.54) is 0 Å². The smallest absolute Gasteiger partial charge is 0.407 e. The van der Waals surface area contributed by atoms with Crippen molar-refractivity contribution in [2.45, 2.75) is 45.0 Å². The minimum atomic E-state index is -2.54. The van der Waals surface area contributed by atoms with Crippen molar-refractivity contribution in [2.24, 2.45) is 5.73 Å². The molecule has 6 heteroatoms. The van der Waals surface area contributed by atoms with Gasteiger partial charge in [0.2, 0.25) is 5.91 Å². The van der Waals surface area contributed by atoms with Crippen LogP contribution in [0.1, 0.15) is 27.2 Å². The molecule has 0 aliphatic carbocycles. The molecule has 0 spiro atoms. The largest absolute Gasteiger partial charge is 0.444 e. The fourth-order valence-electron chi connectivity index (χ4n) is 3.19. The Morgan fingerprint density at radius 3 is 1.81 bits per heavy atom. The first kappa shape index (κ1) is 20.7. The van der Waals surface area contributed by atoms with Crippen LogP contribution in [0.3, 0.4) is 0 Å². The number of carbonyl (C=O) groups is 2. The number of hydrogen-bond donors (Lipinski definition) is 2. The van der Waals surface area contributed by atoms with Gasteiger partial charge in [0, 0.05) is 12.1 Å². The molecule has 0 saturated heterocycles. The normalized spacial score (nSPS) is 12.9. The number of benzene rings is 2. The molecule has 0 unspecified atom stereocenters. The minimum Gasteiger partial charge on any atom is -0.444 e. The number of hydrogen-bond acceptors (Lipinski definition) is 3. The summed E-state index contributed by atoms with van der Waals surface area (Å²) < 4.78 is 5.44. The second kappa shape index (κ2) is 8.39. The third kappa shape index (κ3) is 5.43. The summed E-state index contributed by atoms with van der Waals surface area (Å²) in [5.41, 5.74) is 4.48. The molecule has 0 aromatic heterocycles. The minimum absolute atomic E-state index is 0.0474. The Labute approximate surface area is 161 Å². The van der Waals surface area contributed by atoms with Crippen molar-refractivity contribution < 1.29 is 14.3 Å². The van der Waals surface area contributed by atoms with Gasteiger partial charge in [-0.1, -0.05) is 77.6 Å². The van der Waals surface area contributed by atoms with E-state index in [1.807, 2.05) is 60.7 Å². The van der Waals surface area contributed by atoms with Crippen molar-refractivity contribution in [1.82, 2.24) is 5.32 Å². The van der Waals surface area contributed by atoms with E-state index in [1.54, 1.807) is 20.8 Å². The lowest BCUT2D eigenvalue weighted by Crippen LogP contribution is -2.70. The molecule has 3 N–H and O–H groups in total. The fourth-order valence-corrected chi connectivity index (χ4v) is 7.11. The molecule has 27 heavy (non-hydrogen) atoms. The summed E-state index contributed by atoms with van der Waals surface area (Å²) in [7, 11) is -2.54. The second-order valence-electron chi connectivity index (χ2n) is 7.80. The van der Waals surface area contributed by atoms with E-state index in [4.69, 9.17) is 10.5 Å². The van der Waals surface area contributed by atoms with Crippen LogP contribution < -0.4 is 21.4 Å². The third-order valence-electron chi connectivity index (χ3n) is 4.54. The number of alkyl carbamates (subject to hydrolysis) is 1. The van der Waals surface area contributed by atoms with Crippen LogP contribution in [-0.2, 0) is 9.53 Å². The van der Waals surface area contributed by atoms with E-state index in [9.17, 15) is 9.59 Å². The first-order chi connectivity index (χ1) is 12.6. The molecule has 0 heterocycles. The number of primary amides is 1.